The minimum atomic E-state index is -0.475. The lowest BCUT2D eigenvalue weighted by Crippen LogP contribution is -2.13. The predicted octanol–water partition coefficient (Wildman–Crippen LogP) is 4.29. The minimum absolute atomic E-state index is 0.245. The molecule has 0 atom stereocenters. The second-order valence-electron chi connectivity index (χ2n) is 5.06. The molecule has 3 aromatic rings. The molecule has 0 unspecified atom stereocenters. The first kappa shape index (κ1) is 14.1. The average Bonchev–Trinajstić information content (AvgIpc) is 2.55. The molecule has 0 radical (unpaired) electrons. The van der Waals surface area contributed by atoms with Crippen LogP contribution < -0.4 is 5.32 Å². The highest BCUT2D eigenvalue weighted by Gasteiger charge is 2.07. The fourth-order valence-corrected chi connectivity index (χ4v) is 2.19. The molecule has 0 fully saturated rings. The third-order valence-corrected chi connectivity index (χ3v) is 3.37. The maximum Gasteiger partial charge on any atom is 0.411 e. The number of nitrogens with zero attached hydrogens (tertiary/aromatic N) is 1. The minimum Gasteiger partial charge on any atom is -0.444 e. The van der Waals surface area contributed by atoms with E-state index in [1.807, 2.05) is 61.5 Å². The van der Waals surface area contributed by atoms with Crippen molar-refractivity contribution in [2.75, 3.05) is 5.32 Å². The number of ether oxygens (including phenoxy) is 1. The van der Waals surface area contributed by atoms with Crippen LogP contribution in [-0.2, 0) is 11.3 Å². The number of carbonyl (C=O) groups excluding carboxylic acids is 1. The molecule has 110 valence electrons. The number of hydrogen-bond donors (Lipinski definition) is 1. The van der Waals surface area contributed by atoms with Crippen molar-refractivity contribution >= 4 is 22.7 Å². The van der Waals surface area contributed by atoms with Crippen LogP contribution >= 0.6 is 0 Å². The van der Waals surface area contributed by atoms with Gasteiger partial charge in [0.15, 0.2) is 0 Å². The van der Waals surface area contributed by atoms with Gasteiger partial charge in [0.25, 0.3) is 0 Å². The van der Waals surface area contributed by atoms with Crippen LogP contribution in [0.5, 0.6) is 0 Å². The number of nitrogens with one attached hydrogen (secondary N) is 1. The number of amides is 1. The summed E-state index contributed by atoms with van der Waals surface area (Å²) in [6.07, 6.45) is 1.25. The second kappa shape index (κ2) is 6.26. The maximum atomic E-state index is 11.9. The van der Waals surface area contributed by atoms with E-state index in [1.165, 1.54) is 5.56 Å². The summed E-state index contributed by atoms with van der Waals surface area (Å²) in [5.74, 6) is 0. The predicted molar refractivity (Wildman–Crippen MR) is 86.7 cm³/mol. The molecule has 1 amide bonds. The van der Waals surface area contributed by atoms with E-state index in [4.69, 9.17) is 4.74 Å². The molecule has 1 aromatic heterocycles. The van der Waals surface area contributed by atoms with Crippen LogP contribution in [-0.4, -0.2) is 11.1 Å². The zero-order valence-electron chi connectivity index (χ0n) is 12.2. The summed E-state index contributed by atoms with van der Waals surface area (Å²) >= 11 is 0. The van der Waals surface area contributed by atoms with Gasteiger partial charge in [0.1, 0.15) is 6.61 Å². The van der Waals surface area contributed by atoms with E-state index in [2.05, 4.69) is 10.3 Å². The van der Waals surface area contributed by atoms with Crippen molar-refractivity contribution in [3.05, 3.63) is 71.9 Å². The van der Waals surface area contributed by atoms with Crippen molar-refractivity contribution in [2.45, 2.75) is 13.5 Å². The quantitative estimate of drug-likeness (QED) is 0.783. The molecule has 4 heteroatoms. The number of benzene rings is 2. The zero-order chi connectivity index (χ0) is 15.4. The van der Waals surface area contributed by atoms with Gasteiger partial charge < -0.3 is 4.74 Å². The van der Waals surface area contributed by atoms with Gasteiger partial charge in [0, 0.05) is 11.6 Å². The molecule has 1 heterocycles. The van der Waals surface area contributed by atoms with Crippen LogP contribution in [0.1, 0.15) is 11.1 Å². The molecule has 22 heavy (non-hydrogen) atoms. The van der Waals surface area contributed by atoms with Crippen molar-refractivity contribution in [3.63, 3.8) is 0 Å². The lowest BCUT2D eigenvalue weighted by atomic mass is 10.2. The normalized spacial score (nSPS) is 10.4. The molecule has 4 nitrogen and oxygen atoms in total. The monoisotopic (exact) mass is 292 g/mol. The highest BCUT2D eigenvalue weighted by Crippen LogP contribution is 2.21. The SMILES string of the molecule is Cc1ccc(COC(=O)Nc2cccc3ncccc23)cc1. The number of rotatable bonds is 3. The van der Waals surface area contributed by atoms with Gasteiger partial charge in [-0.1, -0.05) is 35.9 Å². The van der Waals surface area contributed by atoms with Crippen LogP contribution in [0.15, 0.2) is 60.8 Å². The summed E-state index contributed by atoms with van der Waals surface area (Å²) in [6.45, 7) is 2.26. The smallest absolute Gasteiger partial charge is 0.411 e. The van der Waals surface area contributed by atoms with Gasteiger partial charge in [-0.25, -0.2) is 4.79 Å². The molecule has 0 bridgehead atoms. The molecular weight excluding hydrogens is 276 g/mol. The average molecular weight is 292 g/mol. The zero-order valence-corrected chi connectivity index (χ0v) is 12.2. The molecule has 3 rings (SSSR count). The Kier molecular flexibility index (Phi) is 4.01. The fourth-order valence-electron chi connectivity index (χ4n) is 2.19. The Balaban J connectivity index is 1.67. The highest BCUT2D eigenvalue weighted by atomic mass is 16.5. The van der Waals surface area contributed by atoms with E-state index in [0.717, 1.165) is 16.5 Å². The van der Waals surface area contributed by atoms with E-state index in [1.54, 1.807) is 6.20 Å². The Morgan fingerprint density at radius 2 is 1.91 bits per heavy atom. The first-order valence-corrected chi connectivity index (χ1v) is 7.05. The van der Waals surface area contributed by atoms with Crippen LogP contribution in [0.25, 0.3) is 10.9 Å². The van der Waals surface area contributed by atoms with Crippen molar-refractivity contribution in [1.29, 1.82) is 0 Å². The Labute approximate surface area is 128 Å². The maximum absolute atomic E-state index is 11.9. The summed E-state index contributed by atoms with van der Waals surface area (Å²) in [4.78, 5) is 16.2. The molecule has 0 saturated carbocycles. The Morgan fingerprint density at radius 3 is 2.73 bits per heavy atom. The Hall–Kier alpha value is -2.88. The van der Waals surface area contributed by atoms with Gasteiger partial charge in [0.05, 0.1) is 11.2 Å². The summed E-state index contributed by atoms with van der Waals surface area (Å²) in [6, 6.07) is 17.2. The van der Waals surface area contributed by atoms with Gasteiger partial charge in [0.2, 0.25) is 0 Å². The summed E-state index contributed by atoms with van der Waals surface area (Å²) in [5.41, 5.74) is 3.66. The van der Waals surface area contributed by atoms with Crippen molar-refractivity contribution in [1.82, 2.24) is 4.98 Å². The van der Waals surface area contributed by atoms with Crippen LogP contribution in [0.3, 0.4) is 0 Å². The number of aromatic nitrogens is 1. The Bertz CT molecular complexity index is 792. The standard InChI is InChI=1S/C18H16N2O2/c1-13-7-9-14(10-8-13)12-22-18(21)20-17-6-2-5-16-15(17)4-3-11-19-16/h2-11H,12H2,1H3,(H,20,21). The number of hydrogen-bond acceptors (Lipinski definition) is 3. The molecule has 0 saturated heterocycles. The number of aryl methyl sites for hydroxylation is 1. The second-order valence-corrected chi connectivity index (χ2v) is 5.06. The van der Waals surface area contributed by atoms with Gasteiger partial charge in [-0.15, -0.1) is 0 Å². The van der Waals surface area contributed by atoms with E-state index in [0.29, 0.717) is 5.69 Å². The number of anilines is 1. The van der Waals surface area contributed by atoms with Gasteiger partial charge in [-0.05, 0) is 36.8 Å². The molecular formula is C18H16N2O2. The van der Waals surface area contributed by atoms with Crippen molar-refractivity contribution in [3.8, 4) is 0 Å². The van der Waals surface area contributed by atoms with Crippen molar-refractivity contribution in [2.24, 2.45) is 0 Å². The highest BCUT2D eigenvalue weighted by molar-refractivity contribution is 5.98. The topological polar surface area (TPSA) is 51.2 Å². The molecule has 2 aromatic carbocycles. The lowest BCUT2D eigenvalue weighted by Gasteiger charge is -2.09. The largest absolute Gasteiger partial charge is 0.444 e. The fraction of sp³-hybridized carbons (Fsp3) is 0.111. The third-order valence-electron chi connectivity index (χ3n) is 3.37. The van der Waals surface area contributed by atoms with Gasteiger partial charge in [-0.3, -0.25) is 10.3 Å². The summed E-state index contributed by atoms with van der Waals surface area (Å²) in [5, 5.41) is 3.65. The third kappa shape index (κ3) is 3.23. The number of fused-ring (bicyclic) bond motifs is 1. The molecule has 0 aliphatic carbocycles. The molecule has 0 spiro atoms. The number of pyridine rings is 1. The van der Waals surface area contributed by atoms with Crippen LogP contribution in [0, 0.1) is 6.92 Å². The molecule has 1 N–H and O–H groups in total. The summed E-state index contributed by atoms with van der Waals surface area (Å²) < 4.78 is 5.25. The first-order chi connectivity index (χ1) is 10.7. The van der Waals surface area contributed by atoms with Gasteiger partial charge in [-0.2, -0.15) is 0 Å². The van der Waals surface area contributed by atoms with E-state index >= 15 is 0 Å². The first-order valence-electron chi connectivity index (χ1n) is 7.05. The van der Waals surface area contributed by atoms with E-state index < -0.39 is 6.09 Å². The number of carbonyl (C=O) groups is 1. The van der Waals surface area contributed by atoms with Crippen LogP contribution in [0.4, 0.5) is 10.5 Å². The molecule has 0 aliphatic heterocycles. The molecule has 0 aliphatic rings. The summed E-state index contributed by atoms with van der Waals surface area (Å²) in [7, 11) is 0. The van der Waals surface area contributed by atoms with E-state index in [-0.39, 0.29) is 6.61 Å². The van der Waals surface area contributed by atoms with Crippen LogP contribution in [0.2, 0.25) is 0 Å². The van der Waals surface area contributed by atoms with Crippen molar-refractivity contribution < 1.29 is 9.53 Å². The van der Waals surface area contributed by atoms with E-state index in [9.17, 15) is 4.79 Å². The Morgan fingerprint density at radius 1 is 1.09 bits per heavy atom. The lowest BCUT2D eigenvalue weighted by molar-refractivity contribution is 0.155. The van der Waals surface area contributed by atoms with Gasteiger partial charge >= 0.3 is 6.09 Å².